The third-order valence-electron chi connectivity index (χ3n) is 4.34. The van der Waals surface area contributed by atoms with Crippen molar-refractivity contribution in [2.45, 2.75) is 33.2 Å². The summed E-state index contributed by atoms with van der Waals surface area (Å²) >= 11 is 0. The van der Waals surface area contributed by atoms with Crippen LogP contribution in [0.15, 0.2) is 58.4 Å². The summed E-state index contributed by atoms with van der Waals surface area (Å²) in [5.74, 6) is -0.853. The number of rotatable bonds is 5. The quantitative estimate of drug-likeness (QED) is 0.542. The Morgan fingerprint density at radius 1 is 1.14 bits per heavy atom. The Morgan fingerprint density at radius 2 is 1.79 bits per heavy atom. The van der Waals surface area contributed by atoms with Gasteiger partial charge in [-0.05, 0) is 44.0 Å². The molecule has 3 aromatic rings. The van der Waals surface area contributed by atoms with Crippen molar-refractivity contribution < 1.29 is 9.18 Å². The highest BCUT2D eigenvalue weighted by atomic mass is 19.1. The van der Waals surface area contributed by atoms with Crippen LogP contribution in [0, 0.1) is 5.82 Å². The lowest BCUT2D eigenvalue weighted by Crippen LogP contribution is -2.30. The fourth-order valence-electron chi connectivity index (χ4n) is 2.89. The molecule has 144 valence electrons. The van der Waals surface area contributed by atoms with Crippen LogP contribution in [0.2, 0.25) is 0 Å². The maximum Gasteiger partial charge on any atom is 0.292 e. The summed E-state index contributed by atoms with van der Waals surface area (Å²) < 4.78 is 14.4. The number of aromatic nitrogens is 2. The first-order valence-electron chi connectivity index (χ1n) is 9.06. The molecular formula is C21H21FN4O2. The Morgan fingerprint density at radius 3 is 2.39 bits per heavy atom. The van der Waals surface area contributed by atoms with Crippen LogP contribution in [0.25, 0.3) is 10.8 Å². The molecule has 0 aliphatic rings. The highest BCUT2D eigenvalue weighted by molar-refractivity contribution is 6.06. The van der Waals surface area contributed by atoms with Gasteiger partial charge in [-0.2, -0.15) is 10.2 Å². The number of hydrogen-bond acceptors (Lipinski definition) is 4. The minimum absolute atomic E-state index is 0.127. The number of fused-ring (bicyclic) bond motifs is 1. The van der Waals surface area contributed by atoms with Crippen molar-refractivity contribution in [2.24, 2.45) is 5.10 Å². The summed E-state index contributed by atoms with van der Waals surface area (Å²) in [5.41, 5.74) is 3.72. The summed E-state index contributed by atoms with van der Waals surface area (Å²) in [4.78, 5) is 25.4. The molecular weight excluding hydrogens is 359 g/mol. The molecule has 0 bridgehead atoms. The normalized spacial score (nSPS) is 11.8. The predicted octanol–water partition coefficient (Wildman–Crippen LogP) is 3.66. The van der Waals surface area contributed by atoms with Gasteiger partial charge >= 0.3 is 0 Å². The lowest BCUT2D eigenvalue weighted by Gasteiger charge is -2.13. The van der Waals surface area contributed by atoms with Gasteiger partial charge in [-0.15, -0.1) is 0 Å². The number of nitrogens with zero attached hydrogens (tertiary/aromatic N) is 3. The molecule has 2 aromatic carbocycles. The summed E-state index contributed by atoms with van der Waals surface area (Å²) in [6, 6.07) is 12.6. The lowest BCUT2D eigenvalue weighted by molar-refractivity contribution is 0.0949. The zero-order valence-electron chi connectivity index (χ0n) is 15.9. The van der Waals surface area contributed by atoms with Gasteiger partial charge in [0.15, 0.2) is 5.69 Å². The van der Waals surface area contributed by atoms with Crippen LogP contribution in [0.5, 0.6) is 0 Å². The first-order valence-corrected chi connectivity index (χ1v) is 9.06. The van der Waals surface area contributed by atoms with Crippen LogP contribution in [-0.4, -0.2) is 21.4 Å². The van der Waals surface area contributed by atoms with Gasteiger partial charge < -0.3 is 0 Å². The van der Waals surface area contributed by atoms with Crippen LogP contribution in [0.1, 0.15) is 49.3 Å². The maximum atomic E-state index is 13.1. The number of carbonyl (C=O) groups excluding carboxylic acids is 1. The highest BCUT2D eigenvalue weighted by Gasteiger charge is 2.17. The number of carbonyl (C=O) groups is 1. The molecule has 0 fully saturated rings. The predicted molar refractivity (Wildman–Crippen MR) is 107 cm³/mol. The number of hydrazone groups is 1. The molecule has 0 saturated heterocycles. The van der Waals surface area contributed by atoms with E-state index in [0.29, 0.717) is 28.5 Å². The first-order chi connectivity index (χ1) is 13.4. The number of nitrogens with one attached hydrogen (secondary N) is 1. The Kier molecular flexibility index (Phi) is 5.63. The van der Waals surface area contributed by atoms with E-state index in [9.17, 15) is 14.0 Å². The fourth-order valence-corrected chi connectivity index (χ4v) is 2.89. The molecule has 1 amide bonds. The molecule has 1 aromatic heterocycles. The zero-order chi connectivity index (χ0) is 20.3. The molecule has 0 radical (unpaired) electrons. The minimum atomic E-state index is -0.515. The van der Waals surface area contributed by atoms with Gasteiger partial charge in [0.25, 0.3) is 11.5 Å². The zero-order valence-corrected chi connectivity index (χ0v) is 15.9. The van der Waals surface area contributed by atoms with Gasteiger partial charge in [0.1, 0.15) is 5.82 Å². The SMILES string of the molecule is CC/C(=N/NC(=O)c1nn(C(C)C)c(=O)c2ccccc12)c1ccc(F)cc1. The van der Waals surface area contributed by atoms with Gasteiger partial charge in [0.2, 0.25) is 0 Å². The van der Waals surface area contributed by atoms with E-state index in [-0.39, 0.29) is 23.1 Å². The molecule has 0 saturated carbocycles. The van der Waals surface area contributed by atoms with Crippen LogP contribution in [-0.2, 0) is 0 Å². The molecule has 0 atom stereocenters. The van der Waals surface area contributed by atoms with E-state index in [4.69, 9.17) is 0 Å². The van der Waals surface area contributed by atoms with Crippen molar-refractivity contribution in [1.82, 2.24) is 15.2 Å². The molecule has 0 unspecified atom stereocenters. The summed E-state index contributed by atoms with van der Waals surface area (Å²) in [7, 11) is 0. The minimum Gasteiger partial charge on any atom is -0.267 e. The summed E-state index contributed by atoms with van der Waals surface area (Å²) in [6.45, 7) is 5.54. The second kappa shape index (κ2) is 8.12. The number of hydrogen-bond donors (Lipinski definition) is 1. The van der Waals surface area contributed by atoms with E-state index < -0.39 is 5.91 Å². The second-order valence-corrected chi connectivity index (χ2v) is 6.60. The average Bonchev–Trinajstić information content (AvgIpc) is 2.69. The molecule has 28 heavy (non-hydrogen) atoms. The molecule has 1 N–H and O–H groups in total. The van der Waals surface area contributed by atoms with Crippen LogP contribution in [0.3, 0.4) is 0 Å². The lowest BCUT2D eigenvalue weighted by atomic mass is 10.1. The Balaban J connectivity index is 2.00. The smallest absolute Gasteiger partial charge is 0.267 e. The van der Waals surface area contributed by atoms with Crippen molar-refractivity contribution in [3.05, 3.63) is 76.0 Å². The summed E-state index contributed by atoms with van der Waals surface area (Å²) in [5, 5.41) is 9.35. The molecule has 7 heteroatoms. The van der Waals surface area contributed by atoms with E-state index in [1.807, 2.05) is 20.8 Å². The van der Waals surface area contributed by atoms with Gasteiger partial charge in [-0.3, -0.25) is 9.59 Å². The van der Waals surface area contributed by atoms with Crippen molar-refractivity contribution in [2.75, 3.05) is 0 Å². The van der Waals surface area contributed by atoms with Gasteiger partial charge in [-0.1, -0.05) is 37.3 Å². The second-order valence-electron chi connectivity index (χ2n) is 6.60. The molecule has 6 nitrogen and oxygen atoms in total. The molecule has 0 spiro atoms. The highest BCUT2D eigenvalue weighted by Crippen LogP contribution is 2.15. The number of halogens is 1. The van der Waals surface area contributed by atoms with E-state index in [1.54, 1.807) is 36.4 Å². The molecule has 0 aliphatic heterocycles. The van der Waals surface area contributed by atoms with E-state index >= 15 is 0 Å². The number of benzene rings is 2. The van der Waals surface area contributed by atoms with Gasteiger partial charge in [0.05, 0.1) is 17.1 Å². The molecule has 1 heterocycles. The van der Waals surface area contributed by atoms with Crippen molar-refractivity contribution in [3.8, 4) is 0 Å². The van der Waals surface area contributed by atoms with Crippen LogP contribution in [0.4, 0.5) is 4.39 Å². The topological polar surface area (TPSA) is 76.3 Å². The van der Waals surface area contributed by atoms with E-state index in [1.165, 1.54) is 16.8 Å². The van der Waals surface area contributed by atoms with Crippen LogP contribution >= 0.6 is 0 Å². The molecule has 3 rings (SSSR count). The third-order valence-corrected chi connectivity index (χ3v) is 4.34. The van der Waals surface area contributed by atoms with Crippen molar-refractivity contribution >= 4 is 22.4 Å². The van der Waals surface area contributed by atoms with Crippen molar-refractivity contribution in [1.29, 1.82) is 0 Å². The average molecular weight is 380 g/mol. The maximum absolute atomic E-state index is 13.1. The van der Waals surface area contributed by atoms with E-state index in [2.05, 4.69) is 15.6 Å². The largest absolute Gasteiger partial charge is 0.292 e. The Hall–Kier alpha value is -3.35. The molecule has 0 aliphatic carbocycles. The fraction of sp³-hybridized carbons (Fsp3) is 0.238. The Bertz CT molecular complexity index is 1100. The van der Waals surface area contributed by atoms with Crippen LogP contribution < -0.4 is 11.0 Å². The monoisotopic (exact) mass is 380 g/mol. The van der Waals surface area contributed by atoms with E-state index in [0.717, 1.165) is 0 Å². The number of amides is 1. The van der Waals surface area contributed by atoms with Crippen molar-refractivity contribution in [3.63, 3.8) is 0 Å². The third kappa shape index (κ3) is 3.83. The Labute approximate surface area is 161 Å². The standard InChI is InChI=1S/C21H21FN4O2/c1-4-18(14-9-11-15(22)12-10-14)23-24-20(27)19-16-7-5-6-8-17(16)21(28)26(25-19)13(2)3/h5-13H,4H2,1-3H3,(H,24,27)/b23-18-. The van der Waals surface area contributed by atoms with Gasteiger partial charge in [0, 0.05) is 5.39 Å². The summed E-state index contributed by atoms with van der Waals surface area (Å²) in [6.07, 6.45) is 0.547. The van der Waals surface area contributed by atoms with Gasteiger partial charge in [-0.25, -0.2) is 14.5 Å². The first kappa shape index (κ1) is 19.4.